The standard InChI is InChI=1S/C16H18N2O/c1-13-5-2-3-7-15(13)12-18-16(19)9-8-14-6-4-10-17-11-14/h2-7,10-11H,8-9,12H2,1H3,(H,18,19). The van der Waals surface area contributed by atoms with Crippen LogP contribution in [0.2, 0.25) is 0 Å². The van der Waals surface area contributed by atoms with Crippen LogP contribution in [0.3, 0.4) is 0 Å². The van der Waals surface area contributed by atoms with E-state index >= 15 is 0 Å². The molecule has 0 spiro atoms. The number of aromatic nitrogens is 1. The lowest BCUT2D eigenvalue weighted by Gasteiger charge is -2.07. The Morgan fingerprint density at radius 2 is 2.05 bits per heavy atom. The van der Waals surface area contributed by atoms with Crippen LogP contribution >= 0.6 is 0 Å². The normalized spacial score (nSPS) is 10.2. The molecule has 0 atom stereocenters. The lowest BCUT2D eigenvalue weighted by Crippen LogP contribution is -2.23. The molecule has 0 saturated heterocycles. The van der Waals surface area contributed by atoms with Crippen LogP contribution in [0, 0.1) is 6.92 Å². The fourth-order valence-corrected chi connectivity index (χ4v) is 1.89. The van der Waals surface area contributed by atoms with E-state index in [0.29, 0.717) is 13.0 Å². The maximum absolute atomic E-state index is 11.8. The summed E-state index contributed by atoms with van der Waals surface area (Å²) in [6.45, 7) is 2.65. The molecule has 0 saturated carbocycles. The summed E-state index contributed by atoms with van der Waals surface area (Å²) in [6.07, 6.45) is 4.77. The SMILES string of the molecule is Cc1ccccc1CNC(=O)CCc1cccnc1. The average Bonchev–Trinajstić information content (AvgIpc) is 2.45. The molecular weight excluding hydrogens is 236 g/mol. The highest BCUT2D eigenvalue weighted by molar-refractivity contribution is 5.76. The third-order valence-corrected chi connectivity index (χ3v) is 3.10. The monoisotopic (exact) mass is 254 g/mol. The van der Waals surface area contributed by atoms with Crippen molar-refractivity contribution < 1.29 is 4.79 Å². The number of rotatable bonds is 5. The summed E-state index contributed by atoms with van der Waals surface area (Å²) in [5.41, 5.74) is 3.46. The minimum atomic E-state index is 0.0760. The predicted molar refractivity (Wildman–Crippen MR) is 75.6 cm³/mol. The number of hydrogen-bond acceptors (Lipinski definition) is 2. The number of carbonyl (C=O) groups is 1. The van der Waals surface area contributed by atoms with Crippen molar-refractivity contribution in [2.45, 2.75) is 26.3 Å². The zero-order valence-corrected chi connectivity index (χ0v) is 11.1. The summed E-state index contributed by atoms with van der Waals surface area (Å²) >= 11 is 0. The van der Waals surface area contributed by atoms with Crippen molar-refractivity contribution >= 4 is 5.91 Å². The number of carbonyl (C=O) groups excluding carboxylic acids is 1. The molecule has 3 heteroatoms. The van der Waals surface area contributed by atoms with Crippen molar-refractivity contribution in [3.63, 3.8) is 0 Å². The van der Waals surface area contributed by atoms with Crippen molar-refractivity contribution in [2.75, 3.05) is 0 Å². The van der Waals surface area contributed by atoms with Crippen molar-refractivity contribution in [3.8, 4) is 0 Å². The summed E-state index contributed by atoms with van der Waals surface area (Å²) < 4.78 is 0. The van der Waals surface area contributed by atoms with E-state index in [1.54, 1.807) is 12.4 Å². The van der Waals surface area contributed by atoms with Crippen molar-refractivity contribution in [1.82, 2.24) is 10.3 Å². The van der Waals surface area contributed by atoms with Gasteiger partial charge < -0.3 is 5.32 Å². The van der Waals surface area contributed by atoms with Gasteiger partial charge in [0.2, 0.25) is 5.91 Å². The van der Waals surface area contributed by atoms with E-state index in [0.717, 1.165) is 17.5 Å². The van der Waals surface area contributed by atoms with Crippen molar-refractivity contribution in [2.24, 2.45) is 0 Å². The molecule has 0 fully saturated rings. The molecule has 0 aliphatic heterocycles. The van der Waals surface area contributed by atoms with Crippen LogP contribution in [0.5, 0.6) is 0 Å². The Hall–Kier alpha value is -2.16. The number of aryl methyl sites for hydroxylation is 2. The van der Waals surface area contributed by atoms with Gasteiger partial charge in [0.05, 0.1) is 0 Å². The van der Waals surface area contributed by atoms with Crippen LogP contribution in [0.25, 0.3) is 0 Å². The summed E-state index contributed by atoms with van der Waals surface area (Å²) in [6, 6.07) is 12.0. The molecule has 1 N–H and O–H groups in total. The highest BCUT2D eigenvalue weighted by Gasteiger charge is 2.03. The van der Waals surface area contributed by atoms with Gasteiger partial charge in [0.25, 0.3) is 0 Å². The topological polar surface area (TPSA) is 42.0 Å². The number of benzene rings is 1. The molecule has 1 amide bonds. The molecule has 0 aliphatic carbocycles. The Bertz CT molecular complexity index is 537. The molecule has 1 aromatic carbocycles. The summed E-state index contributed by atoms with van der Waals surface area (Å²) in [5, 5.41) is 2.95. The lowest BCUT2D eigenvalue weighted by molar-refractivity contribution is -0.121. The van der Waals surface area contributed by atoms with E-state index in [4.69, 9.17) is 0 Å². The van der Waals surface area contributed by atoms with Gasteiger partial charge in [0, 0.05) is 25.4 Å². The van der Waals surface area contributed by atoms with Gasteiger partial charge in [0.1, 0.15) is 0 Å². The molecule has 0 bridgehead atoms. The molecule has 2 rings (SSSR count). The van der Waals surface area contributed by atoms with Gasteiger partial charge in [-0.05, 0) is 36.1 Å². The molecule has 0 radical (unpaired) electrons. The van der Waals surface area contributed by atoms with E-state index in [1.165, 1.54) is 5.56 Å². The van der Waals surface area contributed by atoms with Gasteiger partial charge in [-0.25, -0.2) is 0 Å². The lowest BCUT2D eigenvalue weighted by atomic mass is 10.1. The molecule has 0 unspecified atom stereocenters. The fraction of sp³-hybridized carbons (Fsp3) is 0.250. The zero-order valence-electron chi connectivity index (χ0n) is 11.1. The summed E-state index contributed by atoms with van der Waals surface area (Å²) in [7, 11) is 0. The second kappa shape index (κ2) is 6.69. The molecule has 1 heterocycles. The molecule has 2 aromatic rings. The third-order valence-electron chi connectivity index (χ3n) is 3.10. The van der Waals surface area contributed by atoms with Crippen LogP contribution in [-0.4, -0.2) is 10.9 Å². The second-order valence-corrected chi connectivity index (χ2v) is 4.56. The first-order valence-corrected chi connectivity index (χ1v) is 6.46. The number of hydrogen-bond donors (Lipinski definition) is 1. The Morgan fingerprint density at radius 3 is 2.79 bits per heavy atom. The zero-order chi connectivity index (χ0) is 13.5. The molecule has 1 aromatic heterocycles. The second-order valence-electron chi connectivity index (χ2n) is 4.56. The predicted octanol–water partition coefficient (Wildman–Crippen LogP) is 2.64. The number of nitrogens with zero attached hydrogens (tertiary/aromatic N) is 1. The van der Waals surface area contributed by atoms with Gasteiger partial charge in [-0.1, -0.05) is 30.3 Å². The largest absolute Gasteiger partial charge is 0.352 e. The first-order valence-electron chi connectivity index (χ1n) is 6.46. The Morgan fingerprint density at radius 1 is 1.21 bits per heavy atom. The highest BCUT2D eigenvalue weighted by atomic mass is 16.1. The van der Waals surface area contributed by atoms with Crippen molar-refractivity contribution in [3.05, 3.63) is 65.5 Å². The summed E-state index contributed by atoms with van der Waals surface area (Å²) in [4.78, 5) is 15.8. The van der Waals surface area contributed by atoms with Crippen LogP contribution in [0.4, 0.5) is 0 Å². The van der Waals surface area contributed by atoms with E-state index in [2.05, 4.69) is 23.3 Å². The van der Waals surface area contributed by atoms with Gasteiger partial charge in [-0.2, -0.15) is 0 Å². The van der Waals surface area contributed by atoms with E-state index in [-0.39, 0.29) is 5.91 Å². The maximum atomic E-state index is 11.8. The molecule has 0 aliphatic rings. The highest BCUT2D eigenvalue weighted by Crippen LogP contribution is 2.06. The minimum Gasteiger partial charge on any atom is -0.352 e. The average molecular weight is 254 g/mol. The molecule has 98 valence electrons. The minimum absolute atomic E-state index is 0.0760. The Labute approximate surface area is 113 Å². The Kier molecular flexibility index (Phi) is 4.67. The van der Waals surface area contributed by atoms with E-state index < -0.39 is 0 Å². The van der Waals surface area contributed by atoms with Crippen LogP contribution < -0.4 is 5.32 Å². The number of nitrogens with one attached hydrogen (secondary N) is 1. The molecule has 19 heavy (non-hydrogen) atoms. The van der Waals surface area contributed by atoms with E-state index in [1.807, 2.05) is 30.3 Å². The quantitative estimate of drug-likeness (QED) is 0.891. The number of amides is 1. The van der Waals surface area contributed by atoms with Gasteiger partial charge in [-0.3, -0.25) is 9.78 Å². The van der Waals surface area contributed by atoms with E-state index in [9.17, 15) is 4.79 Å². The first kappa shape index (κ1) is 13.3. The molecular formula is C16H18N2O. The maximum Gasteiger partial charge on any atom is 0.220 e. The smallest absolute Gasteiger partial charge is 0.220 e. The van der Waals surface area contributed by atoms with Gasteiger partial charge in [-0.15, -0.1) is 0 Å². The van der Waals surface area contributed by atoms with Gasteiger partial charge in [0.15, 0.2) is 0 Å². The van der Waals surface area contributed by atoms with Crippen molar-refractivity contribution in [1.29, 1.82) is 0 Å². The van der Waals surface area contributed by atoms with Crippen LogP contribution in [-0.2, 0) is 17.8 Å². The number of pyridine rings is 1. The van der Waals surface area contributed by atoms with Crippen LogP contribution in [0.15, 0.2) is 48.8 Å². The third kappa shape index (κ3) is 4.21. The summed E-state index contributed by atoms with van der Waals surface area (Å²) in [5.74, 6) is 0.0760. The molecule has 3 nitrogen and oxygen atoms in total. The van der Waals surface area contributed by atoms with Gasteiger partial charge >= 0.3 is 0 Å². The van der Waals surface area contributed by atoms with Crippen LogP contribution in [0.1, 0.15) is 23.1 Å². The Balaban J connectivity index is 1.78. The fourth-order valence-electron chi connectivity index (χ4n) is 1.89. The first-order chi connectivity index (χ1) is 9.25.